The van der Waals surface area contributed by atoms with Gasteiger partial charge < -0.3 is 29.4 Å². The molecular weight excluding hydrogens is 607 g/mol. The lowest BCUT2D eigenvalue weighted by atomic mass is 9.95. The molecule has 2 aromatic rings. The average molecular weight is 646 g/mol. The number of amides is 3. The van der Waals surface area contributed by atoms with Crippen LogP contribution in [0.15, 0.2) is 46.9 Å². The van der Waals surface area contributed by atoms with E-state index < -0.39 is 17.5 Å². The molecule has 5 rings (SSSR count). The van der Waals surface area contributed by atoms with Gasteiger partial charge in [-0.05, 0) is 69.4 Å². The molecule has 226 valence electrons. The van der Waals surface area contributed by atoms with E-state index >= 15 is 4.39 Å². The zero-order chi connectivity index (χ0) is 30.0. The molecule has 0 unspecified atom stereocenters. The Labute approximate surface area is 254 Å². The summed E-state index contributed by atoms with van der Waals surface area (Å²) in [5, 5.41) is 9.18. The van der Waals surface area contributed by atoms with Gasteiger partial charge in [0.05, 0.1) is 11.6 Å². The predicted octanol–water partition coefficient (Wildman–Crippen LogP) is 4.98. The predicted molar refractivity (Wildman–Crippen MR) is 160 cm³/mol. The molecule has 42 heavy (non-hydrogen) atoms. The van der Waals surface area contributed by atoms with Crippen molar-refractivity contribution in [2.24, 2.45) is 5.92 Å². The van der Waals surface area contributed by atoms with Gasteiger partial charge in [0.1, 0.15) is 0 Å². The SMILES string of the molecule is CC(C)(Oc1cccc(N2CCC[C@@H](C(=O)N(Cc3ccc(Br)cc3)C3CC3)C2)c1F)C(=O)N1CCN(C(=O)O)CC1. The number of carboxylic acid groups (broad SMARTS) is 1. The van der Waals surface area contributed by atoms with Gasteiger partial charge in [0.15, 0.2) is 17.2 Å². The maximum absolute atomic E-state index is 15.9. The normalized spacial score (nSPS) is 19.4. The Balaban J connectivity index is 1.25. The lowest BCUT2D eigenvalue weighted by molar-refractivity contribution is -0.147. The van der Waals surface area contributed by atoms with Crippen LogP contribution < -0.4 is 9.64 Å². The molecule has 2 saturated heterocycles. The number of ether oxygens (including phenoxy) is 1. The first kappa shape index (κ1) is 30.1. The topological polar surface area (TPSA) is 93.6 Å². The number of anilines is 1. The molecule has 3 aliphatic rings. The fourth-order valence-electron chi connectivity index (χ4n) is 5.81. The van der Waals surface area contributed by atoms with Crippen molar-refractivity contribution in [2.75, 3.05) is 44.2 Å². The highest BCUT2D eigenvalue weighted by Gasteiger charge is 2.39. The van der Waals surface area contributed by atoms with E-state index in [0.29, 0.717) is 25.3 Å². The molecule has 3 fully saturated rings. The monoisotopic (exact) mass is 644 g/mol. The number of carbonyl (C=O) groups excluding carboxylic acids is 2. The Kier molecular flexibility index (Phi) is 8.96. The highest BCUT2D eigenvalue weighted by molar-refractivity contribution is 9.10. The summed E-state index contributed by atoms with van der Waals surface area (Å²) in [6.45, 7) is 5.74. The van der Waals surface area contributed by atoms with Crippen LogP contribution in [0.1, 0.15) is 45.1 Å². The van der Waals surface area contributed by atoms with Crippen LogP contribution in [-0.2, 0) is 16.1 Å². The molecule has 11 heteroatoms. The van der Waals surface area contributed by atoms with Crippen molar-refractivity contribution in [1.29, 1.82) is 0 Å². The van der Waals surface area contributed by atoms with Crippen LogP contribution in [-0.4, -0.2) is 88.6 Å². The number of hydrogen-bond donors (Lipinski definition) is 1. The van der Waals surface area contributed by atoms with E-state index in [1.165, 1.54) is 11.0 Å². The summed E-state index contributed by atoms with van der Waals surface area (Å²) in [6.07, 6.45) is 2.53. The number of piperazine rings is 1. The molecule has 2 aromatic carbocycles. The molecule has 1 saturated carbocycles. The van der Waals surface area contributed by atoms with Crippen molar-refractivity contribution in [3.63, 3.8) is 0 Å². The first-order valence-corrected chi connectivity index (χ1v) is 15.4. The van der Waals surface area contributed by atoms with Crippen molar-refractivity contribution < 1.29 is 28.6 Å². The fourth-order valence-corrected chi connectivity index (χ4v) is 6.08. The maximum atomic E-state index is 15.9. The second-order valence-electron chi connectivity index (χ2n) is 11.9. The van der Waals surface area contributed by atoms with Crippen molar-refractivity contribution in [2.45, 2.75) is 57.7 Å². The second-order valence-corrected chi connectivity index (χ2v) is 12.8. The van der Waals surface area contributed by atoms with Gasteiger partial charge in [0.25, 0.3) is 5.91 Å². The van der Waals surface area contributed by atoms with Gasteiger partial charge in [-0.15, -0.1) is 0 Å². The third-order valence-electron chi connectivity index (χ3n) is 8.31. The minimum atomic E-state index is -1.36. The van der Waals surface area contributed by atoms with Crippen LogP contribution in [0, 0.1) is 11.7 Å². The number of halogens is 2. The van der Waals surface area contributed by atoms with E-state index in [4.69, 9.17) is 4.74 Å². The summed E-state index contributed by atoms with van der Waals surface area (Å²) >= 11 is 3.47. The summed E-state index contributed by atoms with van der Waals surface area (Å²) in [7, 11) is 0. The van der Waals surface area contributed by atoms with Crippen molar-refractivity contribution >= 4 is 39.5 Å². The van der Waals surface area contributed by atoms with Gasteiger partial charge in [-0.25, -0.2) is 9.18 Å². The van der Waals surface area contributed by atoms with E-state index in [0.717, 1.165) is 35.7 Å². The summed E-state index contributed by atoms with van der Waals surface area (Å²) in [5.74, 6) is -1.03. The quantitative estimate of drug-likeness (QED) is 0.436. The van der Waals surface area contributed by atoms with Crippen molar-refractivity contribution in [1.82, 2.24) is 14.7 Å². The van der Waals surface area contributed by atoms with Crippen LogP contribution >= 0.6 is 15.9 Å². The Morgan fingerprint density at radius 2 is 1.67 bits per heavy atom. The van der Waals surface area contributed by atoms with Crippen molar-refractivity contribution in [3.8, 4) is 5.75 Å². The molecule has 0 spiro atoms. The van der Waals surface area contributed by atoms with E-state index in [2.05, 4.69) is 15.9 Å². The highest BCUT2D eigenvalue weighted by Crippen LogP contribution is 2.35. The zero-order valence-electron chi connectivity index (χ0n) is 24.1. The van der Waals surface area contributed by atoms with E-state index in [-0.39, 0.29) is 55.7 Å². The number of hydrogen-bond acceptors (Lipinski definition) is 5. The molecule has 3 amide bonds. The minimum Gasteiger partial charge on any atom is -0.475 e. The van der Waals surface area contributed by atoms with Crippen LogP contribution in [0.3, 0.4) is 0 Å². The van der Waals surface area contributed by atoms with Gasteiger partial charge in [0.2, 0.25) is 5.91 Å². The Hall–Kier alpha value is -3.34. The molecule has 1 N–H and O–H groups in total. The lowest BCUT2D eigenvalue weighted by Crippen LogP contribution is -2.56. The Morgan fingerprint density at radius 1 is 1.00 bits per heavy atom. The molecule has 9 nitrogen and oxygen atoms in total. The number of nitrogens with zero attached hydrogens (tertiary/aromatic N) is 4. The molecule has 2 aliphatic heterocycles. The average Bonchev–Trinajstić information content (AvgIpc) is 3.83. The molecule has 0 radical (unpaired) electrons. The third-order valence-corrected chi connectivity index (χ3v) is 8.84. The molecule has 1 aliphatic carbocycles. The third kappa shape index (κ3) is 6.82. The van der Waals surface area contributed by atoms with Crippen LogP contribution in [0.5, 0.6) is 5.75 Å². The van der Waals surface area contributed by atoms with Crippen molar-refractivity contribution in [3.05, 3.63) is 58.3 Å². The lowest BCUT2D eigenvalue weighted by Gasteiger charge is -2.38. The highest BCUT2D eigenvalue weighted by atomic mass is 79.9. The van der Waals surface area contributed by atoms with Crippen LogP contribution in [0.4, 0.5) is 14.9 Å². The van der Waals surface area contributed by atoms with E-state index in [1.54, 1.807) is 30.9 Å². The standard InChI is InChI=1S/C31H38BrFN4O5/c1-31(2,29(39)34-15-17-35(18-16-34)30(40)41)42-26-7-3-6-25(27(26)33)36-14-4-5-22(20-36)28(38)37(24-12-13-24)19-21-8-10-23(32)11-9-21/h3,6-11,22,24H,4-5,12-20H2,1-2H3,(H,40,41)/t22-/m1/s1. The minimum absolute atomic E-state index is 0.0293. The smallest absolute Gasteiger partial charge is 0.407 e. The fraction of sp³-hybridized carbons (Fsp3) is 0.516. The Morgan fingerprint density at radius 3 is 2.31 bits per heavy atom. The maximum Gasteiger partial charge on any atom is 0.407 e. The first-order valence-electron chi connectivity index (χ1n) is 14.6. The number of piperidine rings is 1. The molecule has 0 aromatic heterocycles. The van der Waals surface area contributed by atoms with Gasteiger partial charge in [-0.1, -0.05) is 34.1 Å². The van der Waals surface area contributed by atoms with E-state index in [9.17, 15) is 19.5 Å². The number of carbonyl (C=O) groups is 3. The molecule has 0 bridgehead atoms. The van der Waals surface area contributed by atoms with E-state index in [1.807, 2.05) is 34.1 Å². The summed E-state index contributed by atoms with van der Waals surface area (Å²) < 4.78 is 22.9. The first-order chi connectivity index (χ1) is 20.0. The van der Waals surface area contributed by atoms with Gasteiger partial charge in [0, 0.05) is 56.3 Å². The molecule has 1 atom stereocenters. The zero-order valence-corrected chi connectivity index (χ0v) is 25.7. The van der Waals surface area contributed by atoms with Crippen LogP contribution in [0.2, 0.25) is 0 Å². The van der Waals surface area contributed by atoms with Gasteiger partial charge in [-0.2, -0.15) is 0 Å². The molecular formula is C31H38BrFN4O5. The summed E-state index contributed by atoms with van der Waals surface area (Å²) in [5.41, 5.74) is 0.0837. The number of rotatable bonds is 8. The Bertz CT molecular complexity index is 1310. The second kappa shape index (κ2) is 12.5. The van der Waals surface area contributed by atoms with Gasteiger partial charge in [-0.3, -0.25) is 9.59 Å². The van der Waals surface area contributed by atoms with Gasteiger partial charge >= 0.3 is 6.09 Å². The summed E-state index contributed by atoms with van der Waals surface area (Å²) in [4.78, 5) is 44.9. The number of benzene rings is 2. The summed E-state index contributed by atoms with van der Waals surface area (Å²) in [6, 6.07) is 13.2. The molecule has 2 heterocycles. The largest absolute Gasteiger partial charge is 0.475 e. The van der Waals surface area contributed by atoms with Crippen LogP contribution in [0.25, 0.3) is 0 Å².